The number of hydrogen-bond acceptors (Lipinski definition) is 3. The van der Waals surface area contributed by atoms with Crippen molar-refractivity contribution >= 4 is 21.9 Å². The summed E-state index contributed by atoms with van der Waals surface area (Å²) in [6, 6.07) is 4.54. The molecule has 0 aliphatic carbocycles. The average Bonchev–Trinajstić information content (AvgIpc) is 2.57. The zero-order valence-corrected chi connectivity index (χ0v) is 8.57. The van der Waals surface area contributed by atoms with Gasteiger partial charge in [-0.15, -0.1) is 5.10 Å². The zero-order chi connectivity index (χ0) is 10.1. The number of halogens is 2. The molecule has 0 bridgehead atoms. The topological polar surface area (TPSA) is 56.7 Å². The lowest BCUT2D eigenvalue weighted by molar-refractivity contribution is 0.620. The molecule has 0 aliphatic heterocycles. The summed E-state index contributed by atoms with van der Waals surface area (Å²) >= 11 is 3.08. The van der Waals surface area contributed by atoms with Crippen LogP contribution in [-0.4, -0.2) is 14.8 Å². The average molecular weight is 257 g/mol. The quantitative estimate of drug-likeness (QED) is 0.846. The Labute approximate surface area is 87.7 Å². The highest BCUT2D eigenvalue weighted by Crippen LogP contribution is 2.18. The lowest BCUT2D eigenvalue weighted by Crippen LogP contribution is -1.96. The molecule has 14 heavy (non-hydrogen) atoms. The molecule has 2 aromatic rings. The zero-order valence-electron chi connectivity index (χ0n) is 6.98. The SMILES string of the molecule is Nc1ncn(-c2ccc(F)c(Br)c2)n1. The molecular weight excluding hydrogens is 251 g/mol. The highest BCUT2D eigenvalue weighted by atomic mass is 79.9. The van der Waals surface area contributed by atoms with Crippen molar-refractivity contribution in [3.05, 3.63) is 34.8 Å². The molecule has 0 spiro atoms. The largest absolute Gasteiger partial charge is 0.366 e. The first-order valence-electron chi connectivity index (χ1n) is 3.79. The van der Waals surface area contributed by atoms with Gasteiger partial charge in [0, 0.05) is 0 Å². The molecule has 1 heterocycles. The van der Waals surface area contributed by atoms with E-state index in [1.54, 1.807) is 12.1 Å². The highest BCUT2D eigenvalue weighted by Gasteiger charge is 2.03. The Morgan fingerprint density at radius 1 is 1.43 bits per heavy atom. The van der Waals surface area contributed by atoms with E-state index in [9.17, 15) is 4.39 Å². The molecule has 0 radical (unpaired) electrons. The van der Waals surface area contributed by atoms with Gasteiger partial charge in [-0.25, -0.2) is 14.1 Å². The van der Waals surface area contributed by atoms with Crippen molar-refractivity contribution in [1.82, 2.24) is 14.8 Å². The molecule has 0 saturated carbocycles. The van der Waals surface area contributed by atoms with Gasteiger partial charge in [0.25, 0.3) is 0 Å². The van der Waals surface area contributed by atoms with Gasteiger partial charge in [-0.2, -0.15) is 0 Å². The second-order valence-electron chi connectivity index (χ2n) is 2.65. The van der Waals surface area contributed by atoms with Gasteiger partial charge in [-0.05, 0) is 34.1 Å². The van der Waals surface area contributed by atoms with E-state index in [2.05, 4.69) is 26.0 Å². The Kier molecular flexibility index (Phi) is 2.20. The van der Waals surface area contributed by atoms with Crippen molar-refractivity contribution in [1.29, 1.82) is 0 Å². The number of nitrogens with zero attached hydrogens (tertiary/aromatic N) is 3. The minimum Gasteiger partial charge on any atom is -0.366 e. The van der Waals surface area contributed by atoms with E-state index in [1.165, 1.54) is 17.1 Å². The van der Waals surface area contributed by atoms with Gasteiger partial charge in [0.15, 0.2) is 0 Å². The van der Waals surface area contributed by atoms with E-state index in [0.717, 1.165) is 0 Å². The van der Waals surface area contributed by atoms with Gasteiger partial charge in [-0.3, -0.25) is 0 Å². The minimum absolute atomic E-state index is 0.186. The Hall–Kier alpha value is -1.43. The van der Waals surface area contributed by atoms with Crippen LogP contribution in [0.5, 0.6) is 0 Å². The third kappa shape index (κ3) is 1.60. The van der Waals surface area contributed by atoms with Gasteiger partial charge in [0.2, 0.25) is 5.95 Å². The molecule has 0 aliphatic rings. The molecule has 0 unspecified atom stereocenters. The molecule has 0 amide bonds. The van der Waals surface area contributed by atoms with Gasteiger partial charge >= 0.3 is 0 Å². The smallest absolute Gasteiger partial charge is 0.239 e. The molecule has 1 aromatic heterocycles. The number of rotatable bonds is 1. The van der Waals surface area contributed by atoms with Crippen LogP contribution in [0.4, 0.5) is 10.3 Å². The fourth-order valence-corrected chi connectivity index (χ4v) is 1.39. The second kappa shape index (κ2) is 3.38. The fourth-order valence-electron chi connectivity index (χ4n) is 1.03. The first kappa shape index (κ1) is 9.14. The van der Waals surface area contributed by atoms with Crippen molar-refractivity contribution < 1.29 is 4.39 Å². The van der Waals surface area contributed by atoms with Crippen LogP contribution in [0.2, 0.25) is 0 Å². The molecule has 0 fully saturated rings. The molecule has 0 saturated heterocycles. The normalized spacial score (nSPS) is 10.4. The maximum absolute atomic E-state index is 12.9. The first-order chi connectivity index (χ1) is 6.66. The number of hydrogen-bond donors (Lipinski definition) is 1. The Morgan fingerprint density at radius 3 is 2.79 bits per heavy atom. The summed E-state index contributed by atoms with van der Waals surface area (Å²) in [6.45, 7) is 0. The summed E-state index contributed by atoms with van der Waals surface area (Å²) in [5.74, 6) is -0.132. The third-order valence-electron chi connectivity index (χ3n) is 1.68. The number of aromatic nitrogens is 3. The number of benzene rings is 1. The van der Waals surface area contributed by atoms with Crippen LogP contribution >= 0.6 is 15.9 Å². The summed E-state index contributed by atoms with van der Waals surface area (Å²) in [5.41, 5.74) is 6.05. The Balaban J connectivity index is 2.47. The van der Waals surface area contributed by atoms with E-state index in [-0.39, 0.29) is 11.8 Å². The summed E-state index contributed by atoms with van der Waals surface area (Å²) in [4.78, 5) is 3.77. The molecular formula is C8H6BrFN4. The number of nitrogens with two attached hydrogens (primary N) is 1. The Morgan fingerprint density at radius 2 is 2.21 bits per heavy atom. The molecule has 6 heteroatoms. The first-order valence-corrected chi connectivity index (χ1v) is 4.58. The van der Waals surface area contributed by atoms with Crippen molar-refractivity contribution in [3.63, 3.8) is 0 Å². The summed E-state index contributed by atoms with van der Waals surface area (Å²) in [5, 5.41) is 3.89. The minimum atomic E-state index is -0.318. The van der Waals surface area contributed by atoms with E-state index in [1.807, 2.05) is 0 Å². The van der Waals surface area contributed by atoms with Crippen LogP contribution in [-0.2, 0) is 0 Å². The number of anilines is 1. The van der Waals surface area contributed by atoms with Crippen molar-refractivity contribution in [2.24, 2.45) is 0 Å². The maximum Gasteiger partial charge on any atom is 0.239 e. The van der Waals surface area contributed by atoms with Gasteiger partial charge in [-0.1, -0.05) is 0 Å². The molecule has 72 valence electrons. The predicted molar refractivity (Wildman–Crippen MR) is 53.4 cm³/mol. The second-order valence-corrected chi connectivity index (χ2v) is 3.50. The van der Waals surface area contributed by atoms with Gasteiger partial charge in [0.05, 0.1) is 10.2 Å². The molecule has 2 N–H and O–H groups in total. The number of nitrogen functional groups attached to an aromatic ring is 1. The molecule has 1 aromatic carbocycles. The molecule has 2 rings (SSSR count). The van der Waals surface area contributed by atoms with Crippen LogP contribution < -0.4 is 5.73 Å². The van der Waals surface area contributed by atoms with Crippen molar-refractivity contribution in [3.8, 4) is 5.69 Å². The standard InChI is InChI=1S/C8H6BrFN4/c9-6-3-5(1-2-7(6)10)14-4-12-8(11)13-14/h1-4H,(H2,11,13). The Bertz CT molecular complexity index is 468. The van der Waals surface area contributed by atoms with Crippen molar-refractivity contribution in [2.45, 2.75) is 0 Å². The highest BCUT2D eigenvalue weighted by molar-refractivity contribution is 9.10. The maximum atomic E-state index is 12.9. The van der Waals surface area contributed by atoms with E-state index in [0.29, 0.717) is 10.2 Å². The lowest BCUT2D eigenvalue weighted by atomic mass is 10.3. The van der Waals surface area contributed by atoms with Gasteiger partial charge in [0.1, 0.15) is 12.1 Å². The summed E-state index contributed by atoms with van der Waals surface area (Å²) < 4.78 is 14.8. The van der Waals surface area contributed by atoms with Gasteiger partial charge < -0.3 is 5.73 Å². The van der Waals surface area contributed by atoms with E-state index >= 15 is 0 Å². The van der Waals surface area contributed by atoms with Crippen LogP contribution in [0.25, 0.3) is 5.69 Å². The summed E-state index contributed by atoms with van der Waals surface area (Å²) in [7, 11) is 0. The fraction of sp³-hybridized carbons (Fsp3) is 0. The van der Waals surface area contributed by atoms with Crippen LogP contribution in [0.3, 0.4) is 0 Å². The van der Waals surface area contributed by atoms with Crippen molar-refractivity contribution in [2.75, 3.05) is 5.73 Å². The van der Waals surface area contributed by atoms with E-state index < -0.39 is 0 Å². The predicted octanol–water partition coefficient (Wildman–Crippen LogP) is 1.75. The molecule has 0 atom stereocenters. The van der Waals surface area contributed by atoms with Crippen LogP contribution in [0.15, 0.2) is 29.0 Å². The molecule has 4 nitrogen and oxygen atoms in total. The van der Waals surface area contributed by atoms with E-state index in [4.69, 9.17) is 5.73 Å². The monoisotopic (exact) mass is 256 g/mol. The van der Waals surface area contributed by atoms with Crippen LogP contribution in [0, 0.1) is 5.82 Å². The summed E-state index contributed by atoms with van der Waals surface area (Å²) in [6.07, 6.45) is 1.47. The van der Waals surface area contributed by atoms with Crippen LogP contribution in [0.1, 0.15) is 0 Å². The lowest BCUT2D eigenvalue weighted by Gasteiger charge is -2.00. The third-order valence-corrected chi connectivity index (χ3v) is 2.28.